The predicted octanol–water partition coefficient (Wildman–Crippen LogP) is 2.19. The summed E-state index contributed by atoms with van der Waals surface area (Å²) in [4.78, 5) is 35.0. The van der Waals surface area contributed by atoms with E-state index in [1.165, 1.54) is 0 Å². The summed E-state index contributed by atoms with van der Waals surface area (Å²) in [7, 11) is 0. The van der Waals surface area contributed by atoms with E-state index in [0.717, 1.165) is 5.56 Å². The minimum Gasteiger partial charge on any atom is -0.466 e. The Balaban J connectivity index is 2.53. The molecule has 0 aromatic heterocycles. The number of carbonyl (C=O) groups excluding carboxylic acids is 3. The highest BCUT2D eigenvalue weighted by Crippen LogP contribution is 2.05. The van der Waals surface area contributed by atoms with Crippen molar-refractivity contribution < 1.29 is 28.6 Å². The second-order valence-corrected chi connectivity index (χ2v) is 4.92. The van der Waals surface area contributed by atoms with Crippen molar-refractivity contribution in [2.24, 2.45) is 0 Å². The number of hydrogen-bond donors (Lipinski definition) is 1. The number of esters is 2. The molecule has 1 rings (SSSR count). The number of amides is 1. The Morgan fingerprint density at radius 2 is 1.46 bits per heavy atom. The fraction of sp³-hybridized carbons (Fsp3) is 0.471. The molecule has 132 valence electrons. The molecular weight excluding hydrogens is 314 g/mol. The average molecular weight is 337 g/mol. The minimum absolute atomic E-state index is 0.0954. The molecular formula is C17H23NO6. The molecule has 0 bridgehead atoms. The van der Waals surface area contributed by atoms with Crippen LogP contribution < -0.4 is 5.32 Å². The van der Waals surface area contributed by atoms with Gasteiger partial charge in [-0.2, -0.15) is 0 Å². The Hall–Kier alpha value is -2.57. The standard InChI is InChI=1S/C17H23NO6/c1-3-22-15(19)10-14(11-16(20)23-4-2)18-17(21)24-12-13-8-6-5-7-9-13/h5-9,14H,3-4,10-12H2,1-2H3,(H,18,21). The quantitative estimate of drug-likeness (QED) is 0.549. The smallest absolute Gasteiger partial charge is 0.407 e. The van der Waals surface area contributed by atoms with Crippen LogP contribution in [0.1, 0.15) is 32.3 Å². The van der Waals surface area contributed by atoms with Crippen LogP contribution in [0, 0.1) is 0 Å². The Kier molecular flexibility index (Phi) is 8.96. The number of benzene rings is 1. The van der Waals surface area contributed by atoms with Gasteiger partial charge < -0.3 is 19.5 Å². The molecule has 1 aromatic rings. The molecule has 0 unspecified atom stereocenters. The van der Waals surface area contributed by atoms with Gasteiger partial charge in [-0.3, -0.25) is 9.59 Å². The highest BCUT2D eigenvalue weighted by Gasteiger charge is 2.22. The maximum Gasteiger partial charge on any atom is 0.407 e. The molecule has 7 nitrogen and oxygen atoms in total. The lowest BCUT2D eigenvalue weighted by atomic mass is 10.1. The third-order valence-electron chi connectivity index (χ3n) is 2.97. The van der Waals surface area contributed by atoms with E-state index in [2.05, 4.69) is 5.32 Å². The van der Waals surface area contributed by atoms with E-state index in [1.54, 1.807) is 13.8 Å². The van der Waals surface area contributed by atoms with Crippen molar-refractivity contribution >= 4 is 18.0 Å². The van der Waals surface area contributed by atoms with E-state index in [4.69, 9.17) is 14.2 Å². The van der Waals surface area contributed by atoms with Gasteiger partial charge in [0.15, 0.2) is 0 Å². The molecule has 0 spiro atoms. The van der Waals surface area contributed by atoms with Gasteiger partial charge in [-0.25, -0.2) is 4.79 Å². The van der Waals surface area contributed by atoms with E-state index in [0.29, 0.717) is 0 Å². The lowest BCUT2D eigenvalue weighted by molar-refractivity contribution is -0.145. The maximum atomic E-state index is 11.9. The molecule has 0 saturated carbocycles. The van der Waals surface area contributed by atoms with Crippen LogP contribution in [0.4, 0.5) is 4.79 Å². The van der Waals surface area contributed by atoms with Crippen molar-refractivity contribution in [3.8, 4) is 0 Å². The summed E-state index contributed by atoms with van der Waals surface area (Å²) in [6, 6.07) is 8.43. The average Bonchev–Trinajstić information content (AvgIpc) is 2.54. The van der Waals surface area contributed by atoms with Crippen LogP contribution >= 0.6 is 0 Å². The molecule has 1 N–H and O–H groups in total. The molecule has 1 amide bonds. The van der Waals surface area contributed by atoms with Crippen LogP contribution in [0.25, 0.3) is 0 Å². The molecule has 0 radical (unpaired) electrons. The van der Waals surface area contributed by atoms with Crippen LogP contribution in [-0.4, -0.2) is 37.3 Å². The van der Waals surface area contributed by atoms with Gasteiger partial charge in [0.05, 0.1) is 32.1 Å². The molecule has 0 fully saturated rings. The second kappa shape index (κ2) is 11.0. The SMILES string of the molecule is CCOC(=O)CC(CC(=O)OCC)NC(=O)OCc1ccccc1. The molecule has 7 heteroatoms. The zero-order chi connectivity index (χ0) is 17.8. The van der Waals surface area contributed by atoms with Crippen molar-refractivity contribution in [3.63, 3.8) is 0 Å². The molecule has 0 atom stereocenters. The Bertz CT molecular complexity index is 511. The minimum atomic E-state index is -0.744. The van der Waals surface area contributed by atoms with E-state index >= 15 is 0 Å². The number of nitrogens with one attached hydrogen (secondary N) is 1. The van der Waals surface area contributed by atoms with Crippen molar-refractivity contribution in [2.75, 3.05) is 13.2 Å². The first-order valence-corrected chi connectivity index (χ1v) is 7.83. The van der Waals surface area contributed by atoms with Gasteiger partial charge in [-0.15, -0.1) is 0 Å². The molecule has 0 saturated heterocycles. The van der Waals surface area contributed by atoms with Crippen LogP contribution in [0.5, 0.6) is 0 Å². The number of alkyl carbamates (subject to hydrolysis) is 1. The van der Waals surface area contributed by atoms with Gasteiger partial charge in [0.2, 0.25) is 0 Å². The summed E-state index contributed by atoms with van der Waals surface area (Å²) in [5.41, 5.74) is 0.833. The largest absolute Gasteiger partial charge is 0.466 e. The molecule has 0 aliphatic heterocycles. The number of rotatable bonds is 9. The first-order chi connectivity index (χ1) is 11.5. The van der Waals surface area contributed by atoms with Gasteiger partial charge in [-0.05, 0) is 19.4 Å². The first kappa shape index (κ1) is 19.5. The van der Waals surface area contributed by atoms with Crippen LogP contribution in [0.2, 0.25) is 0 Å². The monoisotopic (exact) mass is 337 g/mol. The molecule has 24 heavy (non-hydrogen) atoms. The van der Waals surface area contributed by atoms with Gasteiger partial charge in [0.25, 0.3) is 0 Å². The zero-order valence-electron chi connectivity index (χ0n) is 13.9. The van der Waals surface area contributed by atoms with E-state index in [9.17, 15) is 14.4 Å². The zero-order valence-corrected chi connectivity index (χ0v) is 13.9. The summed E-state index contributed by atoms with van der Waals surface area (Å²) >= 11 is 0. The normalized spacial score (nSPS) is 10.1. The van der Waals surface area contributed by atoms with E-state index in [-0.39, 0.29) is 32.7 Å². The second-order valence-electron chi connectivity index (χ2n) is 4.92. The van der Waals surface area contributed by atoms with Gasteiger partial charge in [0.1, 0.15) is 6.61 Å². The maximum absolute atomic E-state index is 11.9. The Morgan fingerprint density at radius 3 is 1.96 bits per heavy atom. The molecule has 0 aliphatic carbocycles. The van der Waals surface area contributed by atoms with Crippen molar-refractivity contribution in [2.45, 2.75) is 39.3 Å². The fourth-order valence-electron chi connectivity index (χ4n) is 1.95. The molecule has 0 heterocycles. The van der Waals surface area contributed by atoms with Gasteiger partial charge in [-0.1, -0.05) is 30.3 Å². The number of ether oxygens (including phenoxy) is 3. The topological polar surface area (TPSA) is 90.9 Å². The van der Waals surface area contributed by atoms with Crippen LogP contribution in [-0.2, 0) is 30.4 Å². The lowest BCUT2D eigenvalue weighted by Gasteiger charge is -2.17. The number of carbonyl (C=O) groups is 3. The summed E-state index contributed by atoms with van der Waals surface area (Å²) in [5.74, 6) is -1.01. The molecule has 1 aromatic carbocycles. The highest BCUT2D eigenvalue weighted by molar-refractivity contribution is 5.76. The van der Waals surface area contributed by atoms with Gasteiger partial charge in [0, 0.05) is 0 Å². The van der Waals surface area contributed by atoms with Crippen LogP contribution in [0.3, 0.4) is 0 Å². The summed E-state index contributed by atoms with van der Waals surface area (Å²) in [5, 5.41) is 2.50. The third kappa shape index (κ3) is 8.17. The summed E-state index contributed by atoms with van der Waals surface area (Å²) in [6.07, 6.45) is -0.974. The fourth-order valence-corrected chi connectivity index (χ4v) is 1.95. The van der Waals surface area contributed by atoms with E-state index < -0.39 is 24.1 Å². The lowest BCUT2D eigenvalue weighted by Crippen LogP contribution is -2.39. The Morgan fingerprint density at radius 1 is 0.917 bits per heavy atom. The van der Waals surface area contributed by atoms with Crippen LogP contribution in [0.15, 0.2) is 30.3 Å². The summed E-state index contributed by atoms with van der Waals surface area (Å²) < 4.78 is 14.8. The third-order valence-corrected chi connectivity index (χ3v) is 2.97. The van der Waals surface area contributed by atoms with Gasteiger partial charge >= 0.3 is 18.0 Å². The molecule has 0 aliphatic rings. The first-order valence-electron chi connectivity index (χ1n) is 7.83. The van der Waals surface area contributed by atoms with E-state index in [1.807, 2.05) is 30.3 Å². The van der Waals surface area contributed by atoms with Crippen molar-refractivity contribution in [1.82, 2.24) is 5.32 Å². The number of hydrogen-bond acceptors (Lipinski definition) is 6. The highest BCUT2D eigenvalue weighted by atomic mass is 16.6. The predicted molar refractivity (Wildman–Crippen MR) is 86.1 cm³/mol. The Labute approximate surface area is 141 Å². The summed E-state index contributed by atoms with van der Waals surface area (Å²) in [6.45, 7) is 3.91. The van der Waals surface area contributed by atoms with Crippen molar-refractivity contribution in [3.05, 3.63) is 35.9 Å². The van der Waals surface area contributed by atoms with Crippen molar-refractivity contribution in [1.29, 1.82) is 0 Å².